The van der Waals surface area contributed by atoms with Crippen molar-refractivity contribution in [1.29, 1.82) is 0 Å². The number of aromatic nitrogens is 2. The van der Waals surface area contributed by atoms with Crippen molar-refractivity contribution < 1.29 is 4.79 Å². The number of carbonyl (C=O) groups is 1. The Labute approximate surface area is 119 Å². The number of nitrogens with one attached hydrogen (secondary N) is 2. The van der Waals surface area contributed by atoms with Crippen molar-refractivity contribution in [1.82, 2.24) is 15.3 Å². The van der Waals surface area contributed by atoms with Crippen LogP contribution >= 0.6 is 12.4 Å². The highest BCUT2D eigenvalue weighted by molar-refractivity contribution is 5.92. The Morgan fingerprint density at radius 2 is 2.00 bits per heavy atom. The predicted octanol–water partition coefficient (Wildman–Crippen LogP) is 1.71. The summed E-state index contributed by atoms with van der Waals surface area (Å²) in [6.45, 7) is 1.79. The number of nitrogens with zero attached hydrogens (tertiary/aromatic N) is 2. The van der Waals surface area contributed by atoms with E-state index in [1.807, 2.05) is 0 Å². The third kappa shape index (κ3) is 3.64. The van der Waals surface area contributed by atoms with Crippen LogP contribution in [0.2, 0.25) is 0 Å². The third-order valence-electron chi connectivity index (χ3n) is 3.55. The highest BCUT2D eigenvalue weighted by Gasteiger charge is 2.26. The number of piperidine rings is 1. The summed E-state index contributed by atoms with van der Waals surface area (Å²) in [5.41, 5.74) is 0.704. The Kier molecular flexibility index (Phi) is 4.71. The topological polar surface area (TPSA) is 66.9 Å². The van der Waals surface area contributed by atoms with Gasteiger partial charge in [-0.05, 0) is 32.2 Å². The second-order valence-electron chi connectivity index (χ2n) is 5.14. The minimum atomic E-state index is 0. The van der Waals surface area contributed by atoms with Gasteiger partial charge in [0.05, 0.1) is 24.0 Å². The summed E-state index contributed by atoms with van der Waals surface area (Å²) < 4.78 is 0. The second kappa shape index (κ2) is 6.30. The van der Waals surface area contributed by atoms with Crippen LogP contribution in [0.15, 0.2) is 12.4 Å². The summed E-state index contributed by atoms with van der Waals surface area (Å²) >= 11 is 0. The van der Waals surface area contributed by atoms with Crippen LogP contribution in [0.25, 0.3) is 0 Å². The van der Waals surface area contributed by atoms with Crippen LogP contribution in [-0.2, 0) is 4.79 Å². The average Bonchev–Trinajstić information content (AvgIpc) is 3.25. The number of rotatable bonds is 3. The van der Waals surface area contributed by atoms with Gasteiger partial charge in [0.2, 0.25) is 5.91 Å². The lowest BCUT2D eigenvalue weighted by Crippen LogP contribution is -2.37. The molecule has 1 aliphatic carbocycles. The summed E-state index contributed by atoms with van der Waals surface area (Å²) in [6.07, 6.45) is 7.84. The molecule has 2 aliphatic rings. The molecule has 3 rings (SSSR count). The van der Waals surface area contributed by atoms with E-state index < -0.39 is 0 Å². The maximum atomic E-state index is 12.0. The summed E-state index contributed by atoms with van der Waals surface area (Å²) in [5.74, 6) is 1.61. The van der Waals surface area contributed by atoms with Crippen molar-refractivity contribution in [3.05, 3.63) is 18.2 Å². The molecule has 5 nitrogen and oxygen atoms in total. The summed E-state index contributed by atoms with van der Waals surface area (Å²) in [4.78, 5) is 20.6. The quantitative estimate of drug-likeness (QED) is 0.886. The molecule has 0 aromatic carbocycles. The molecule has 1 saturated carbocycles. The van der Waals surface area contributed by atoms with Crippen LogP contribution in [0.5, 0.6) is 0 Å². The molecular formula is C13H19ClN4O. The molecule has 0 bridgehead atoms. The van der Waals surface area contributed by atoms with Gasteiger partial charge < -0.3 is 10.6 Å². The van der Waals surface area contributed by atoms with Crippen LogP contribution in [0.1, 0.15) is 37.4 Å². The van der Waals surface area contributed by atoms with Crippen molar-refractivity contribution >= 4 is 24.0 Å². The molecule has 0 spiro atoms. The fourth-order valence-corrected chi connectivity index (χ4v) is 2.27. The van der Waals surface area contributed by atoms with Gasteiger partial charge in [-0.3, -0.25) is 4.79 Å². The van der Waals surface area contributed by atoms with Gasteiger partial charge in [-0.25, -0.2) is 9.97 Å². The molecule has 2 heterocycles. The van der Waals surface area contributed by atoms with Crippen molar-refractivity contribution in [3.8, 4) is 0 Å². The van der Waals surface area contributed by atoms with E-state index in [2.05, 4.69) is 20.6 Å². The fraction of sp³-hybridized carbons (Fsp3) is 0.615. The number of hydrogen-bond acceptors (Lipinski definition) is 4. The Bertz CT molecular complexity index is 427. The van der Waals surface area contributed by atoms with Crippen LogP contribution in [0, 0.1) is 5.92 Å². The van der Waals surface area contributed by atoms with Crippen LogP contribution < -0.4 is 10.6 Å². The Morgan fingerprint density at radius 1 is 1.26 bits per heavy atom. The van der Waals surface area contributed by atoms with Gasteiger partial charge in [0.25, 0.3) is 0 Å². The van der Waals surface area contributed by atoms with Gasteiger partial charge in [-0.15, -0.1) is 12.4 Å². The summed E-state index contributed by atoms with van der Waals surface area (Å²) in [6, 6.07) is 0. The molecule has 1 amide bonds. The molecule has 1 saturated heterocycles. The lowest BCUT2D eigenvalue weighted by molar-refractivity contribution is -0.120. The third-order valence-corrected chi connectivity index (χ3v) is 3.55. The van der Waals surface area contributed by atoms with Gasteiger partial charge in [-0.1, -0.05) is 0 Å². The van der Waals surface area contributed by atoms with E-state index in [1.165, 1.54) is 12.8 Å². The molecule has 19 heavy (non-hydrogen) atoms. The standard InChI is InChI=1S/C13H18N4O.ClH/c18-13(10-2-1-5-14-6-10)17-11-7-15-12(16-8-11)9-3-4-9;/h7-10,14H,1-6H2,(H,17,18);1H. The predicted molar refractivity (Wildman–Crippen MR) is 75.5 cm³/mol. The van der Waals surface area contributed by atoms with Gasteiger partial charge >= 0.3 is 0 Å². The van der Waals surface area contributed by atoms with E-state index in [1.54, 1.807) is 12.4 Å². The van der Waals surface area contributed by atoms with Gasteiger partial charge in [-0.2, -0.15) is 0 Å². The smallest absolute Gasteiger partial charge is 0.228 e. The maximum absolute atomic E-state index is 12.0. The zero-order chi connectivity index (χ0) is 12.4. The van der Waals surface area contributed by atoms with Gasteiger partial charge in [0, 0.05) is 12.5 Å². The molecule has 6 heteroatoms. The van der Waals surface area contributed by atoms with E-state index in [0.29, 0.717) is 11.6 Å². The lowest BCUT2D eigenvalue weighted by Gasteiger charge is -2.21. The fourth-order valence-electron chi connectivity index (χ4n) is 2.27. The van der Waals surface area contributed by atoms with Crippen molar-refractivity contribution in [3.63, 3.8) is 0 Å². The Balaban J connectivity index is 0.00000133. The van der Waals surface area contributed by atoms with Crippen molar-refractivity contribution in [2.75, 3.05) is 18.4 Å². The molecule has 1 atom stereocenters. The van der Waals surface area contributed by atoms with E-state index in [0.717, 1.165) is 31.8 Å². The highest BCUT2D eigenvalue weighted by Crippen LogP contribution is 2.37. The molecule has 0 radical (unpaired) electrons. The van der Waals surface area contributed by atoms with E-state index in [4.69, 9.17) is 0 Å². The number of carbonyl (C=O) groups excluding carboxylic acids is 1. The maximum Gasteiger partial charge on any atom is 0.228 e. The number of anilines is 1. The molecular weight excluding hydrogens is 264 g/mol. The van der Waals surface area contributed by atoms with E-state index >= 15 is 0 Å². The highest BCUT2D eigenvalue weighted by atomic mass is 35.5. The second-order valence-corrected chi connectivity index (χ2v) is 5.14. The first kappa shape index (κ1) is 14.2. The Hall–Kier alpha value is -1.20. The number of halogens is 1. The summed E-state index contributed by atoms with van der Waals surface area (Å²) in [7, 11) is 0. The summed E-state index contributed by atoms with van der Waals surface area (Å²) in [5, 5.41) is 6.14. The van der Waals surface area contributed by atoms with E-state index in [-0.39, 0.29) is 24.2 Å². The monoisotopic (exact) mass is 282 g/mol. The first-order valence-electron chi connectivity index (χ1n) is 6.66. The Morgan fingerprint density at radius 3 is 2.58 bits per heavy atom. The zero-order valence-electron chi connectivity index (χ0n) is 10.8. The molecule has 104 valence electrons. The lowest BCUT2D eigenvalue weighted by atomic mass is 9.99. The SMILES string of the molecule is Cl.O=C(Nc1cnc(C2CC2)nc1)C1CCCNC1. The normalized spacial score (nSPS) is 22.4. The van der Waals surface area contributed by atoms with Crippen molar-refractivity contribution in [2.24, 2.45) is 5.92 Å². The number of amides is 1. The molecule has 1 aliphatic heterocycles. The average molecular weight is 283 g/mol. The zero-order valence-corrected chi connectivity index (χ0v) is 11.6. The molecule has 2 N–H and O–H groups in total. The van der Waals surface area contributed by atoms with Crippen LogP contribution in [-0.4, -0.2) is 29.0 Å². The minimum Gasteiger partial charge on any atom is -0.323 e. The molecule has 1 aromatic rings. The molecule has 1 aromatic heterocycles. The first-order valence-corrected chi connectivity index (χ1v) is 6.66. The largest absolute Gasteiger partial charge is 0.323 e. The van der Waals surface area contributed by atoms with Gasteiger partial charge in [0.1, 0.15) is 5.82 Å². The molecule has 1 unspecified atom stereocenters. The van der Waals surface area contributed by atoms with Crippen LogP contribution in [0.3, 0.4) is 0 Å². The van der Waals surface area contributed by atoms with Crippen LogP contribution in [0.4, 0.5) is 5.69 Å². The van der Waals surface area contributed by atoms with E-state index in [9.17, 15) is 4.79 Å². The van der Waals surface area contributed by atoms with Crippen molar-refractivity contribution in [2.45, 2.75) is 31.6 Å². The first-order chi connectivity index (χ1) is 8.83. The molecule has 2 fully saturated rings. The number of hydrogen-bond donors (Lipinski definition) is 2. The minimum absolute atomic E-state index is 0. The van der Waals surface area contributed by atoms with Gasteiger partial charge in [0.15, 0.2) is 0 Å².